The molecule has 0 aliphatic rings. The molecule has 9 heteroatoms. The van der Waals surface area contributed by atoms with E-state index in [0.717, 1.165) is 5.56 Å². The minimum Gasteiger partial charge on any atom is -0.510 e. The van der Waals surface area contributed by atoms with Crippen LogP contribution in [0, 0.1) is 17.0 Å². The number of methoxy groups -OCH3 is 1. The van der Waals surface area contributed by atoms with Gasteiger partial charge in [-0.15, -0.1) is 10.2 Å². The number of aliphatic hydroxyl groups is 1. The third kappa shape index (κ3) is 4.88. The fourth-order valence-electron chi connectivity index (χ4n) is 2.14. The van der Waals surface area contributed by atoms with E-state index in [2.05, 4.69) is 15.5 Å². The normalized spacial score (nSPS) is 11.8. The van der Waals surface area contributed by atoms with Crippen molar-refractivity contribution >= 4 is 23.0 Å². The lowest BCUT2D eigenvalue weighted by atomic mass is 10.2. The molecular weight excluding hydrogens is 352 g/mol. The molecule has 0 atom stereocenters. The van der Waals surface area contributed by atoms with Gasteiger partial charge in [0.2, 0.25) is 0 Å². The molecule has 0 aliphatic heterocycles. The highest BCUT2D eigenvalue weighted by Gasteiger charge is 2.16. The maximum Gasteiger partial charge on any atom is 0.279 e. The number of amides is 1. The number of non-ortho nitro benzene ring substituents is 1. The summed E-state index contributed by atoms with van der Waals surface area (Å²) < 4.78 is 5.06. The molecule has 0 saturated heterocycles. The predicted octanol–water partition coefficient (Wildman–Crippen LogP) is 4.42. The summed E-state index contributed by atoms with van der Waals surface area (Å²) in [7, 11) is 1.33. The smallest absolute Gasteiger partial charge is 0.279 e. The summed E-state index contributed by atoms with van der Waals surface area (Å²) in [4.78, 5) is 22.7. The van der Waals surface area contributed by atoms with Gasteiger partial charge in [0, 0.05) is 11.8 Å². The first-order valence-electron chi connectivity index (χ1n) is 7.84. The Morgan fingerprint density at radius 1 is 1.26 bits per heavy atom. The lowest BCUT2D eigenvalue weighted by Gasteiger charge is -2.08. The molecule has 0 radical (unpaired) electrons. The van der Waals surface area contributed by atoms with Crippen molar-refractivity contribution in [2.24, 2.45) is 10.2 Å². The third-order valence-electron chi connectivity index (χ3n) is 3.58. The molecular formula is C18H18N4O5. The van der Waals surface area contributed by atoms with E-state index < -0.39 is 10.8 Å². The molecule has 2 aromatic carbocycles. The number of allylic oxidation sites excluding steroid dienone is 1. The zero-order chi connectivity index (χ0) is 20.0. The molecule has 0 saturated carbocycles. The number of ether oxygens (including phenoxy) is 1. The van der Waals surface area contributed by atoms with Crippen molar-refractivity contribution in [1.82, 2.24) is 0 Å². The van der Waals surface area contributed by atoms with Crippen LogP contribution in [0.2, 0.25) is 0 Å². The van der Waals surface area contributed by atoms with Crippen LogP contribution < -0.4 is 10.1 Å². The van der Waals surface area contributed by atoms with Crippen LogP contribution in [0.5, 0.6) is 5.75 Å². The van der Waals surface area contributed by atoms with Crippen molar-refractivity contribution in [2.75, 3.05) is 12.4 Å². The topological polar surface area (TPSA) is 126 Å². The monoisotopic (exact) mass is 370 g/mol. The molecule has 0 aliphatic carbocycles. The summed E-state index contributed by atoms with van der Waals surface area (Å²) in [6.45, 7) is 3.13. The zero-order valence-electron chi connectivity index (χ0n) is 15.0. The molecule has 0 aromatic heterocycles. The molecule has 0 unspecified atom stereocenters. The van der Waals surface area contributed by atoms with Crippen LogP contribution in [-0.4, -0.2) is 23.0 Å². The van der Waals surface area contributed by atoms with Gasteiger partial charge in [-0.25, -0.2) is 0 Å². The van der Waals surface area contributed by atoms with Crippen LogP contribution >= 0.6 is 0 Å². The lowest BCUT2D eigenvalue weighted by Crippen LogP contribution is -2.15. The first kappa shape index (κ1) is 19.6. The number of hydrogen-bond donors (Lipinski definition) is 2. The number of nitro groups is 1. The number of anilines is 1. The van der Waals surface area contributed by atoms with E-state index in [9.17, 15) is 20.0 Å². The van der Waals surface area contributed by atoms with Gasteiger partial charge in [0.1, 0.15) is 11.4 Å². The number of hydrogen-bond acceptors (Lipinski definition) is 7. The molecule has 2 N–H and O–H groups in total. The SMILES string of the molecule is COc1cc([N+](=O)[O-])ccc1N=NC(C(=O)Nc1ccccc1C)=C(C)O. The maximum atomic E-state index is 12.4. The van der Waals surface area contributed by atoms with Gasteiger partial charge in [-0.05, 0) is 31.5 Å². The van der Waals surface area contributed by atoms with Gasteiger partial charge >= 0.3 is 0 Å². The fraction of sp³-hybridized carbons (Fsp3) is 0.167. The van der Waals surface area contributed by atoms with E-state index in [0.29, 0.717) is 5.69 Å². The summed E-state index contributed by atoms with van der Waals surface area (Å²) in [6, 6.07) is 10.9. The highest BCUT2D eigenvalue weighted by Crippen LogP contribution is 2.32. The molecule has 0 spiro atoms. The van der Waals surface area contributed by atoms with Crippen molar-refractivity contribution in [3.63, 3.8) is 0 Å². The summed E-state index contributed by atoms with van der Waals surface area (Å²) >= 11 is 0. The molecule has 27 heavy (non-hydrogen) atoms. The second kappa shape index (κ2) is 8.56. The number of rotatable bonds is 6. The van der Waals surface area contributed by atoms with Crippen LogP contribution in [0.4, 0.5) is 17.1 Å². The van der Waals surface area contributed by atoms with Crippen LogP contribution in [0.3, 0.4) is 0 Å². The number of nitro benzene ring substituents is 1. The summed E-state index contributed by atoms with van der Waals surface area (Å²) in [6.07, 6.45) is 0. The van der Waals surface area contributed by atoms with E-state index in [1.54, 1.807) is 12.1 Å². The van der Waals surface area contributed by atoms with Crippen molar-refractivity contribution in [3.8, 4) is 5.75 Å². The number of carbonyl (C=O) groups excluding carboxylic acids is 1. The van der Waals surface area contributed by atoms with E-state index in [-0.39, 0.29) is 28.6 Å². The van der Waals surface area contributed by atoms with Crippen molar-refractivity contribution in [3.05, 3.63) is 69.6 Å². The van der Waals surface area contributed by atoms with Crippen LogP contribution in [0.25, 0.3) is 0 Å². The van der Waals surface area contributed by atoms with E-state index in [1.807, 2.05) is 19.1 Å². The van der Waals surface area contributed by atoms with Gasteiger partial charge in [0.05, 0.1) is 18.1 Å². The Labute approximate surface area is 155 Å². The summed E-state index contributed by atoms with van der Waals surface area (Å²) in [5.74, 6) is -0.859. The number of aliphatic hydroxyl groups excluding tert-OH is 1. The first-order chi connectivity index (χ1) is 12.8. The van der Waals surface area contributed by atoms with Gasteiger partial charge < -0.3 is 15.2 Å². The Hall–Kier alpha value is -3.75. The van der Waals surface area contributed by atoms with Gasteiger partial charge in [0.15, 0.2) is 11.4 Å². The van der Waals surface area contributed by atoms with Gasteiger partial charge in [-0.2, -0.15) is 0 Å². The van der Waals surface area contributed by atoms with E-state index in [1.165, 1.54) is 32.2 Å². The van der Waals surface area contributed by atoms with Crippen molar-refractivity contribution in [1.29, 1.82) is 0 Å². The Morgan fingerprint density at radius 2 is 1.96 bits per heavy atom. The number of azo groups is 1. The minimum absolute atomic E-state index is 0.113. The first-order valence-corrected chi connectivity index (χ1v) is 7.84. The highest BCUT2D eigenvalue weighted by atomic mass is 16.6. The average Bonchev–Trinajstić information content (AvgIpc) is 2.63. The van der Waals surface area contributed by atoms with Crippen LogP contribution in [0.15, 0.2) is 64.1 Å². The average molecular weight is 370 g/mol. The Balaban J connectivity index is 2.29. The largest absolute Gasteiger partial charge is 0.510 e. The highest BCUT2D eigenvalue weighted by molar-refractivity contribution is 6.04. The van der Waals surface area contributed by atoms with Gasteiger partial charge in [0.25, 0.3) is 11.6 Å². The molecule has 2 rings (SSSR count). The molecule has 0 heterocycles. The van der Waals surface area contributed by atoms with Gasteiger partial charge in [-0.1, -0.05) is 18.2 Å². The van der Waals surface area contributed by atoms with E-state index >= 15 is 0 Å². The quantitative estimate of drug-likeness (QED) is 0.256. The number of aryl methyl sites for hydroxylation is 1. The van der Waals surface area contributed by atoms with E-state index in [4.69, 9.17) is 4.74 Å². The van der Waals surface area contributed by atoms with Crippen LogP contribution in [0.1, 0.15) is 12.5 Å². The predicted molar refractivity (Wildman–Crippen MR) is 99.3 cm³/mol. The molecule has 9 nitrogen and oxygen atoms in total. The van der Waals surface area contributed by atoms with Crippen LogP contribution in [-0.2, 0) is 4.79 Å². The lowest BCUT2D eigenvalue weighted by molar-refractivity contribution is -0.384. The number of para-hydroxylation sites is 1. The molecule has 2 aromatic rings. The number of benzene rings is 2. The number of nitrogens with one attached hydrogen (secondary N) is 1. The molecule has 140 valence electrons. The Bertz CT molecular complexity index is 933. The fourth-order valence-corrected chi connectivity index (χ4v) is 2.14. The maximum absolute atomic E-state index is 12.4. The summed E-state index contributed by atoms with van der Waals surface area (Å²) in [5.41, 5.74) is 1.13. The van der Waals surface area contributed by atoms with Crippen molar-refractivity contribution in [2.45, 2.75) is 13.8 Å². The second-order valence-electron chi connectivity index (χ2n) is 5.52. The van der Waals surface area contributed by atoms with Gasteiger partial charge in [-0.3, -0.25) is 14.9 Å². The standard InChI is InChI=1S/C18H18N4O5/c1-11-6-4-5-7-14(11)19-18(24)17(12(2)23)21-20-15-9-8-13(22(25)26)10-16(15)27-3/h4-10,23H,1-3H3,(H,19,24). The second-order valence-corrected chi connectivity index (χ2v) is 5.52. The molecule has 1 amide bonds. The Morgan fingerprint density at radius 3 is 2.56 bits per heavy atom. The number of carbonyl (C=O) groups is 1. The third-order valence-corrected chi connectivity index (χ3v) is 3.58. The number of nitrogens with zero attached hydrogens (tertiary/aromatic N) is 3. The minimum atomic E-state index is -0.645. The Kier molecular flexibility index (Phi) is 6.21. The molecule has 0 fully saturated rings. The zero-order valence-corrected chi connectivity index (χ0v) is 15.0. The van der Waals surface area contributed by atoms with Crippen molar-refractivity contribution < 1.29 is 19.6 Å². The summed E-state index contributed by atoms with van der Waals surface area (Å²) in [5, 5.41) is 31.0. The molecule has 0 bridgehead atoms.